The second-order valence-corrected chi connectivity index (χ2v) is 18.8. The van der Waals surface area contributed by atoms with Crippen LogP contribution in [0.25, 0.3) is 20.2 Å². The van der Waals surface area contributed by atoms with E-state index in [1.807, 2.05) is 24.3 Å². The van der Waals surface area contributed by atoms with Crippen molar-refractivity contribution in [3.05, 3.63) is 219 Å². The molecule has 380 valence electrons. The van der Waals surface area contributed by atoms with Gasteiger partial charge in [0.25, 0.3) is 0 Å². The van der Waals surface area contributed by atoms with Gasteiger partial charge in [0.2, 0.25) is 0 Å². The molecule has 0 bridgehead atoms. The Labute approximate surface area is 412 Å². The van der Waals surface area contributed by atoms with Gasteiger partial charge in [0.05, 0.1) is 10.8 Å². The molecule has 0 unspecified atom stereocenters. The van der Waals surface area contributed by atoms with Crippen LogP contribution in [-0.2, 0) is 0 Å². The van der Waals surface area contributed by atoms with Gasteiger partial charge in [-0.2, -0.15) is 0 Å². The molecule has 1 heterocycles. The first kappa shape index (κ1) is 53.3. The summed E-state index contributed by atoms with van der Waals surface area (Å²) in [5, 5.41) is 1.82. The molecule has 0 saturated carbocycles. The van der Waals surface area contributed by atoms with Gasteiger partial charge >= 0.3 is 5.43 Å². The average molecular weight is 1110 g/mol. The molecule has 0 aliphatic rings. The van der Waals surface area contributed by atoms with Crippen LogP contribution in [0.3, 0.4) is 0 Å². The minimum absolute atomic E-state index is 0.367. The Morgan fingerprint density at radius 2 is 0.554 bits per heavy atom. The first-order valence-electron chi connectivity index (χ1n) is 20.2. The zero-order valence-corrected chi connectivity index (χ0v) is 38.0. The molecule has 1 N–H and O–H groups in total. The highest BCUT2D eigenvalue weighted by atomic mass is 32.2. The monoisotopic (exact) mass is 1110 g/mol. The van der Waals surface area contributed by atoms with Crippen molar-refractivity contribution in [3.8, 4) is 0 Å². The third-order valence-electron chi connectivity index (χ3n) is 11.3. The summed E-state index contributed by atoms with van der Waals surface area (Å²) in [5.74, 6) is -71.4. The summed E-state index contributed by atoms with van der Waals surface area (Å²) in [6, 6.07) is 33.4. The Bertz CT molecular complexity index is 3440. The minimum Gasteiger partial charge on any atom is -0.273 e. The standard InChI is InChI=1S/C25H16OS3.C24BF20/c26-25-21-8-4-5-9-23(21)29-24-15-14-20(16-22(24)25)28-19-12-10-18(11-13-19)27-17-6-2-1-3-7-17;26-5-1(6(27)14(35)21(42)13(5)34)25(2-7(28)15(36)22(43)16(37)8(2)29,3-9(30)17(38)23(44)18(39)10(3)31)4-11(32)19(40)24(45)20(41)12(4)33/h1-16H;/q;-1/p+1. The maximum absolute atomic E-state index is 15.4. The SMILES string of the molecule is Fc1c(F)c(F)c([B-](c2c(F)c(F)c(F)c(F)c2F)(c2c(F)c(F)c(F)c(F)c2F)c2c(F)c(F)c(F)c(F)c2F)c(F)c1F.[OH+]=c1c2ccccc2sc2ccc(Sc3ccc(Sc4ccccc4)cc3)cc12. The van der Waals surface area contributed by atoms with Gasteiger partial charge in [-0.05, 0) is 66.7 Å². The molecule has 0 atom stereocenters. The van der Waals surface area contributed by atoms with E-state index in [9.17, 15) is 57.5 Å². The van der Waals surface area contributed by atoms with Crippen LogP contribution < -0.4 is 27.3 Å². The van der Waals surface area contributed by atoms with E-state index < -0.39 is 144 Å². The number of halogens is 20. The van der Waals surface area contributed by atoms with E-state index in [4.69, 9.17) is 0 Å². The zero-order chi connectivity index (χ0) is 54.0. The summed E-state index contributed by atoms with van der Waals surface area (Å²) in [6.45, 7) is 0. The fraction of sp³-hybridized carbons (Fsp3) is 0. The molecule has 0 saturated heterocycles. The van der Waals surface area contributed by atoms with Crippen molar-refractivity contribution >= 4 is 83.0 Å². The van der Waals surface area contributed by atoms with Gasteiger partial charge in [0.1, 0.15) is 52.7 Å². The first-order valence-corrected chi connectivity index (χ1v) is 22.6. The van der Waals surface area contributed by atoms with Crippen molar-refractivity contribution in [2.24, 2.45) is 0 Å². The number of hydrogen-bond donors (Lipinski definition) is 0. The summed E-state index contributed by atoms with van der Waals surface area (Å²) in [7, 11) is 0. The third-order valence-corrected chi connectivity index (χ3v) is 14.5. The number of benzene rings is 8. The largest absolute Gasteiger partial charge is 0.357 e. The van der Waals surface area contributed by atoms with Crippen molar-refractivity contribution in [2.45, 2.75) is 19.6 Å². The van der Waals surface area contributed by atoms with Gasteiger partial charge in [0.15, 0.2) is 69.8 Å². The summed E-state index contributed by atoms with van der Waals surface area (Å²) in [4.78, 5) is 15.6. The van der Waals surface area contributed by atoms with Gasteiger partial charge in [-0.25, -0.2) is 87.8 Å². The van der Waals surface area contributed by atoms with Crippen LogP contribution in [-0.4, -0.2) is 10.9 Å². The van der Waals surface area contributed by atoms with Gasteiger partial charge < -0.3 is 0 Å². The Balaban J connectivity index is 0.000000215. The smallest absolute Gasteiger partial charge is 0.273 e. The molecule has 0 radical (unpaired) electrons. The van der Waals surface area contributed by atoms with E-state index in [0.717, 1.165) is 25.1 Å². The van der Waals surface area contributed by atoms with Crippen molar-refractivity contribution in [1.29, 1.82) is 0 Å². The lowest BCUT2D eigenvalue weighted by atomic mass is 9.12. The quantitative estimate of drug-likeness (QED) is 0.0378. The molecule has 9 rings (SSSR count). The number of rotatable bonds is 8. The number of fused-ring (bicyclic) bond motifs is 2. The molecule has 0 fully saturated rings. The maximum atomic E-state index is 15.4. The molecule has 8 aromatic carbocycles. The van der Waals surface area contributed by atoms with Crippen LogP contribution in [0.1, 0.15) is 0 Å². The predicted molar refractivity (Wildman–Crippen MR) is 235 cm³/mol. The van der Waals surface area contributed by atoms with E-state index in [-0.39, 0.29) is 0 Å². The predicted octanol–water partition coefficient (Wildman–Crippen LogP) is 13.2. The minimum atomic E-state index is -7.22. The molecule has 9 aromatic rings. The van der Waals surface area contributed by atoms with Gasteiger partial charge in [0, 0.05) is 29.0 Å². The highest BCUT2D eigenvalue weighted by molar-refractivity contribution is 7.99. The Kier molecular flexibility index (Phi) is 14.7. The highest BCUT2D eigenvalue weighted by Gasteiger charge is 2.52. The molecular formula is C49H17BF20OS3. The molecule has 1 aromatic heterocycles. The van der Waals surface area contributed by atoms with E-state index in [1.165, 1.54) is 14.7 Å². The molecule has 25 heteroatoms. The molecule has 74 heavy (non-hydrogen) atoms. The van der Waals surface area contributed by atoms with Crippen molar-refractivity contribution in [2.75, 3.05) is 0 Å². The highest BCUT2D eigenvalue weighted by Crippen LogP contribution is 2.36. The van der Waals surface area contributed by atoms with Crippen LogP contribution in [0.2, 0.25) is 0 Å². The lowest BCUT2D eigenvalue weighted by Crippen LogP contribution is -2.81. The van der Waals surface area contributed by atoms with E-state index in [0.29, 0.717) is 5.43 Å². The topological polar surface area (TPSA) is 21.4 Å². The van der Waals surface area contributed by atoms with E-state index >= 15 is 35.1 Å². The first-order chi connectivity index (χ1) is 35.0. The lowest BCUT2D eigenvalue weighted by molar-refractivity contribution is 0.378. The second kappa shape index (κ2) is 20.4. The fourth-order valence-corrected chi connectivity index (χ4v) is 10.8. The Morgan fingerprint density at radius 3 is 0.919 bits per heavy atom. The number of hydrogen-bond acceptors (Lipinski definition) is 3. The average Bonchev–Trinajstić information content (AvgIpc) is 3.40. The van der Waals surface area contributed by atoms with Crippen molar-refractivity contribution in [3.63, 3.8) is 0 Å². The normalized spacial score (nSPS) is 11.7. The maximum Gasteiger partial charge on any atom is 0.357 e. The van der Waals surface area contributed by atoms with Crippen molar-refractivity contribution in [1.82, 2.24) is 0 Å². The molecular weight excluding hydrogens is 1090 g/mol. The van der Waals surface area contributed by atoms with Crippen LogP contribution in [0.4, 0.5) is 87.8 Å². The second-order valence-electron chi connectivity index (χ2n) is 15.4. The van der Waals surface area contributed by atoms with E-state index in [2.05, 4.69) is 72.8 Å². The van der Waals surface area contributed by atoms with Crippen LogP contribution in [0.15, 0.2) is 117 Å². The van der Waals surface area contributed by atoms with Gasteiger partial charge in [-0.15, -0.1) is 33.2 Å². The molecule has 0 spiro atoms. The summed E-state index contributed by atoms with van der Waals surface area (Å²) >= 11 is 5.19. The lowest BCUT2D eigenvalue weighted by Gasteiger charge is -2.44. The molecule has 0 amide bonds. The molecule has 0 aliphatic carbocycles. The molecule has 0 aliphatic heterocycles. The third kappa shape index (κ3) is 8.70. The Morgan fingerprint density at radius 1 is 0.284 bits per heavy atom. The fourth-order valence-electron chi connectivity index (χ4n) is 8.07. The Hall–Kier alpha value is -6.99. The summed E-state index contributed by atoms with van der Waals surface area (Å²) in [5.41, 5.74) is -14.0. The van der Waals surface area contributed by atoms with Gasteiger partial charge in [-0.1, -0.05) is 53.9 Å². The summed E-state index contributed by atoms with van der Waals surface area (Å²) < 4.78 is 296. The van der Waals surface area contributed by atoms with Crippen LogP contribution in [0.5, 0.6) is 0 Å². The van der Waals surface area contributed by atoms with E-state index in [1.54, 1.807) is 34.9 Å². The molecule has 1 nitrogen and oxygen atoms in total. The van der Waals surface area contributed by atoms with Crippen molar-refractivity contribution < 1.29 is 92.6 Å². The summed E-state index contributed by atoms with van der Waals surface area (Å²) in [6.07, 6.45) is -7.22. The zero-order valence-electron chi connectivity index (χ0n) is 35.5. The van der Waals surface area contributed by atoms with Crippen LogP contribution in [0, 0.1) is 116 Å². The van der Waals surface area contributed by atoms with Crippen LogP contribution >= 0.6 is 34.9 Å². The van der Waals surface area contributed by atoms with Gasteiger partial charge in [-0.3, -0.25) is 4.79 Å².